The van der Waals surface area contributed by atoms with E-state index in [0.29, 0.717) is 19.7 Å². The molecule has 0 spiro atoms. The SMILES string of the molecule is CCOC(=O)N1CCN(C(=NC)NCC2(c3ccccc3C)CCOCC2)CC1.I. The highest BCUT2D eigenvalue weighted by Crippen LogP contribution is 2.36. The van der Waals surface area contributed by atoms with Crippen molar-refractivity contribution in [3.63, 3.8) is 0 Å². The van der Waals surface area contributed by atoms with Gasteiger partial charge in [0, 0.05) is 58.4 Å². The lowest BCUT2D eigenvalue weighted by Crippen LogP contribution is -2.55. The van der Waals surface area contributed by atoms with Gasteiger partial charge in [0.1, 0.15) is 0 Å². The summed E-state index contributed by atoms with van der Waals surface area (Å²) >= 11 is 0. The summed E-state index contributed by atoms with van der Waals surface area (Å²) in [6.07, 6.45) is 1.77. The number of aliphatic imine (C=N–C) groups is 1. The number of rotatable bonds is 4. The van der Waals surface area contributed by atoms with Crippen molar-refractivity contribution >= 4 is 36.0 Å². The van der Waals surface area contributed by atoms with E-state index in [0.717, 1.165) is 51.6 Å². The molecular weight excluding hydrogens is 495 g/mol. The van der Waals surface area contributed by atoms with E-state index >= 15 is 0 Å². The van der Waals surface area contributed by atoms with Crippen LogP contribution in [0, 0.1) is 6.92 Å². The van der Waals surface area contributed by atoms with Crippen molar-refractivity contribution in [2.75, 3.05) is 59.6 Å². The van der Waals surface area contributed by atoms with Gasteiger partial charge in [0.2, 0.25) is 0 Å². The van der Waals surface area contributed by atoms with E-state index in [1.54, 1.807) is 4.90 Å². The van der Waals surface area contributed by atoms with Gasteiger partial charge < -0.3 is 24.6 Å². The molecule has 0 atom stereocenters. The maximum atomic E-state index is 11.9. The average molecular weight is 530 g/mol. The molecule has 1 amide bonds. The predicted molar refractivity (Wildman–Crippen MR) is 130 cm³/mol. The summed E-state index contributed by atoms with van der Waals surface area (Å²) in [5, 5.41) is 3.63. The molecule has 0 bridgehead atoms. The summed E-state index contributed by atoms with van der Waals surface area (Å²) in [4.78, 5) is 20.4. The average Bonchev–Trinajstić information content (AvgIpc) is 2.76. The van der Waals surface area contributed by atoms with Crippen molar-refractivity contribution in [2.24, 2.45) is 4.99 Å². The Labute approximate surface area is 197 Å². The number of ether oxygens (including phenoxy) is 2. The molecule has 0 saturated carbocycles. The molecule has 1 aromatic rings. The molecule has 3 rings (SSSR count). The van der Waals surface area contributed by atoms with E-state index < -0.39 is 0 Å². The molecule has 0 radical (unpaired) electrons. The third-order valence-corrected chi connectivity index (χ3v) is 6.07. The van der Waals surface area contributed by atoms with E-state index in [9.17, 15) is 4.79 Å². The van der Waals surface area contributed by atoms with Crippen LogP contribution in [0.15, 0.2) is 29.3 Å². The molecule has 2 fully saturated rings. The molecule has 1 aromatic carbocycles. The molecule has 1 N–H and O–H groups in total. The zero-order valence-electron chi connectivity index (χ0n) is 18.4. The Hall–Kier alpha value is -1.55. The van der Waals surface area contributed by atoms with E-state index in [1.165, 1.54) is 11.1 Å². The molecule has 2 heterocycles. The summed E-state index contributed by atoms with van der Waals surface area (Å²) in [5.41, 5.74) is 2.78. The fourth-order valence-corrected chi connectivity index (χ4v) is 4.37. The topological polar surface area (TPSA) is 66.4 Å². The number of aryl methyl sites for hydroxylation is 1. The van der Waals surface area contributed by atoms with Crippen LogP contribution in [0.2, 0.25) is 0 Å². The molecule has 30 heavy (non-hydrogen) atoms. The van der Waals surface area contributed by atoms with Gasteiger partial charge in [0.25, 0.3) is 0 Å². The molecule has 168 valence electrons. The summed E-state index contributed by atoms with van der Waals surface area (Å²) in [5.74, 6) is 0.896. The van der Waals surface area contributed by atoms with E-state index in [4.69, 9.17) is 9.47 Å². The third-order valence-electron chi connectivity index (χ3n) is 6.07. The van der Waals surface area contributed by atoms with Crippen LogP contribution in [-0.2, 0) is 14.9 Å². The first kappa shape index (κ1) is 24.7. The summed E-state index contributed by atoms with van der Waals surface area (Å²) < 4.78 is 10.8. The smallest absolute Gasteiger partial charge is 0.409 e. The predicted octanol–water partition coefficient (Wildman–Crippen LogP) is 3.01. The van der Waals surface area contributed by atoms with E-state index in [2.05, 4.69) is 46.4 Å². The summed E-state index contributed by atoms with van der Waals surface area (Å²) in [6, 6.07) is 8.67. The maximum absolute atomic E-state index is 11.9. The van der Waals surface area contributed by atoms with Gasteiger partial charge in [-0.1, -0.05) is 24.3 Å². The number of hydrogen-bond donors (Lipinski definition) is 1. The Kier molecular flexibility index (Phi) is 9.67. The largest absolute Gasteiger partial charge is 0.450 e. The molecule has 0 unspecified atom stereocenters. The van der Waals surface area contributed by atoms with Crippen LogP contribution >= 0.6 is 24.0 Å². The fraction of sp³-hybridized carbons (Fsp3) is 0.636. The zero-order valence-corrected chi connectivity index (χ0v) is 20.7. The first-order valence-corrected chi connectivity index (χ1v) is 10.6. The van der Waals surface area contributed by atoms with Crippen molar-refractivity contribution in [3.8, 4) is 0 Å². The number of guanidine groups is 1. The summed E-state index contributed by atoms with van der Waals surface area (Å²) in [7, 11) is 1.82. The van der Waals surface area contributed by atoms with Gasteiger partial charge in [0.05, 0.1) is 6.61 Å². The van der Waals surface area contributed by atoms with Crippen LogP contribution in [0.3, 0.4) is 0 Å². The molecular formula is C22H35IN4O3. The number of piperazine rings is 1. The molecule has 0 aliphatic carbocycles. The standard InChI is InChI=1S/C22H34N4O3.HI/c1-4-29-21(27)26-13-11-25(12-14-26)20(23-3)24-17-22(9-15-28-16-10-22)19-8-6-5-7-18(19)2;/h5-8H,4,9-17H2,1-3H3,(H,23,24);1H. The normalized spacial score (nSPS) is 19.1. The van der Waals surface area contributed by atoms with Crippen molar-refractivity contribution in [1.82, 2.24) is 15.1 Å². The van der Waals surface area contributed by atoms with Crippen LogP contribution in [0.1, 0.15) is 30.9 Å². The summed E-state index contributed by atoms with van der Waals surface area (Å²) in [6.45, 7) is 9.62. The van der Waals surface area contributed by atoms with Crippen molar-refractivity contribution in [1.29, 1.82) is 0 Å². The number of carbonyl (C=O) groups is 1. The highest BCUT2D eigenvalue weighted by molar-refractivity contribution is 14.0. The minimum absolute atomic E-state index is 0. The molecule has 2 aliphatic heterocycles. The molecule has 0 aromatic heterocycles. The van der Waals surface area contributed by atoms with E-state index in [1.807, 2.05) is 14.0 Å². The van der Waals surface area contributed by atoms with Gasteiger partial charge in [-0.2, -0.15) is 0 Å². The maximum Gasteiger partial charge on any atom is 0.409 e. The Balaban J connectivity index is 0.00000320. The van der Waals surface area contributed by atoms with Gasteiger partial charge in [-0.05, 0) is 37.8 Å². The van der Waals surface area contributed by atoms with Crippen molar-refractivity contribution in [2.45, 2.75) is 32.1 Å². The van der Waals surface area contributed by atoms with Crippen LogP contribution in [0.4, 0.5) is 4.79 Å². The molecule has 8 heteroatoms. The first-order chi connectivity index (χ1) is 14.1. The second-order valence-electron chi connectivity index (χ2n) is 7.78. The van der Waals surface area contributed by atoms with Crippen molar-refractivity contribution in [3.05, 3.63) is 35.4 Å². The van der Waals surface area contributed by atoms with Gasteiger partial charge in [-0.15, -0.1) is 24.0 Å². The lowest BCUT2D eigenvalue weighted by molar-refractivity contribution is 0.0508. The molecule has 2 aliphatic rings. The number of carbonyl (C=O) groups excluding carboxylic acids is 1. The Morgan fingerprint density at radius 3 is 2.40 bits per heavy atom. The first-order valence-electron chi connectivity index (χ1n) is 10.6. The second-order valence-corrected chi connectivity index (χ2v) is 7.78. The number of benzene rings is 1. The Bertz CT molecular complexity index is 714. The van der Waals surface area contributed by atoms with E-state index in [-0.39, 0.29) is 35.5 Å². The number of nitrogens with zero attached hydrogens (tertiary/aromatic N) is 3. The highest BCUT2D eigenvalue weighted by Gasteiger charge is 2.36. The zero-order chi connectivity index (χ0) is 20.7. The Morgan fingerprint density at radius 2 is 1.80 bits per heavy atom. The number of halogens is 1. The minimum atomic E-state index is -0.226. The van der Waals surface area contributed by atoms with Gasteiger partial charge >= 0.3 is 6.09 Å². The van der Waals surface area contributed by atoms with Crippen molar-refractivity contribution < 1.29 is 14.3 Å². The lowest BCUT2D eigenvalue weighted by Gasteiger charge is -2.41. The second kappa shape index (κ2) is 11.7. The molecule has 7 nitrogen and oxygen atoms in total. The van der Waals surface area contributed by atoms with Gasteiger partial charge in [-0.25, -0.2) is 4.79 Å². The number of hydrogen-bond acceptors (Lipinski definition) is 4. The minimum Gasteiger partial charge on any atom is -0.450 e. The van der Waals surface area contributed by atoms with Crippen LogP contribution in [-0.4, -0.2) is 81.4 Å². The van der Waals surface area contributed by atoms with Crippen LogP contribution < -0.4 is 5.32 Å². The monoisotopic (exact) mass is 530 g/mol. The molecule has 2 saturated heterocycles. The lowest BCUT2D eigenvalue weighted by atomic mass is 9.72. The third kappa shape index (κ3) is 5.78. The van der Waals surface area contributed by atoms with Crippen LogP contribution in [0.25, 0.3) is 0 Å². The Morgan fingerprint density at radius 1 is 1.17 bits per heavy atom. The number of amides is 1. The van der Waals surface area contributed by atoms with Crippen LogP contribution in [0.5, 0.6) is 0 Å². The van der Waals surface area contributed by atoms with Gasteiger partial charge in [-0.3, -0.25) is 4.99 Å². The quantitative estimate of drug-likeness (QED) is 0.369. The van der Waals surface area contributed by atoms with Gasteiger partial charge in [0.15, 0.2) is 5.96 Å². The number of nitrogens with one attached hydrogen (secondary N) is 1. The fourth-order valence-electron chi connectivity index (χ4n) is 4.37. The highest BCUT2D eigenvalue weighted by atomic mass is 127.